The molecule has 1 aliphatic rings. The van der Waals surface area contributed by atoms with Crippen LogP contribution >= 0.6 is 11.6 Å². The zero-order chi connectivity index (χ0) is 12.5. The van der Waals surface area contributed by atoms with Crippen molar-refractivity contribution in [2.45, 2.75) is 17.4 Å². The number of hydrogen-bond donors (Lipinski definition) is 1. The van der Waals surface area contributed by atoms with Crippen LogP contribution in [0.25, 0.3) is 0 Å². The molecular formula is C11H15ClN2O2S. The van der Waals surface area contributed by atoms with Crippen LogP contribution in [-0.4, -0.2) is 38.9 Å². The lowest BCUT2D eigenvalue weighted by Crippen LogP contribution is -2.38. The molecule has 2 rings (SSSR count). The third-order valence-electron chi connectivity index (χ3n) is 3.04. The van der Waals surface area contributed by atoms with Crippen molar-refractivity contribution in [2.75, 3.05) is 20.1 Å². The Bertz CT molecular complexity index is 498. The Kier molecular flexibility index (Phi) is 3.73. The van der Waals surface area contributed by atoms with Gasteiger partial charge >= 0.3 is 0 Å². The van der Waals surface area contributed by atoms with E-state index in [9.17, 15) is 8.42 Å². The summed E-state index contributed by atoms with van der Waals surface area (Å²) in [7, 11) is -1.88. The molecule has 1 aromatic rings. The summed E-state index contributed by atoms with van der Waals surface area (Å²) >= 11 is 5.94. The smallest absolute Gasteiger partial charge is 0.244 e. The van der Waals surface area contributed by atoms with E-state index >= 15 is 0 Å². The van der Waals surface area contributed by atoms with Gasteiger partial charge in [0.1, 0.15) is 4.90 Å². The Morgan fingerprint density at radius 2 is 2.12 bits per heavy atom. The molecule has 17 heavy (non-hydrogen) atoms. The van der Waals surface area contributed by atoms with Crippen molar-refractivity contribution in [3.8, 4) is 0 Å². The minimum absolute atomic E-state index is 0.0104. The van der Waals surface area contributed by atoms with E-state index in [4.69, 9.17) is 11.6 Å². The topological polar surface area (TPSA) is 49.4 Å². The van der Waals surface area contributed by atoms with Gasteiger partial charge in [-0.25, -0.2) is 8.42 Å². The predicted molar refractivity (Wildman–Crippen MR) is 67.7 cm³/mol. The lowest BCUT2D eigenvalue weighted by atomic mass is 10.3. The van der Waals surface area contributed by atoms with Gasteiger partial charge in [0.2, 0.25) is 10.0 Å². The summed E-state index contributed by atoms with van der Waals surface area (Å²) in [5.74, 6) is 0. The second-order valence-electron chi connectivity index (χ2n) is 4.10. The number of likely N-dealkylation sites (N-methyl/N-ethyl adjacent to an activating group) is 1. The van der Waals surface area contributed by atoms with Crippen molar-refractivity contribution in [3.63, 3.8) is 0 Å². The maximum Gasteiger partial charge on any atom is 0.244 e. The van der Waals surface area contributed by atoms with E-state index in [0.29, 0.717) is 6.54 Å². The van der Waals surface area contributed by atoms with Crippen molar-refractivity contribution in [1.29, 1.82) is 0 Å². The molecule has 0 saturated carbocycles. The molecule has 1 heterocycles. The van der Waals surface area contributed by atoms with Gasteiger partial charge in [-0.1, -0.05) is 23.7 Å². The standard InChI is InChI=1S/C11H15ClN2O2S/c1-14(9-6-7-13-8-9)17(15,16)11-5-3-2-4-10(11)12/h2-5,9,13H,6-8H2,1H3/t9-/m1/s1. The number of nitrogens with one attached hydrogen (secondary N) is 1. The third kappa shape index (κ3) is 2.47. The summed E-state index contributed by atoms with van der Waals surface area (Å²) in [6, 6.07) is 6.54. The van der Waals surface area contributed by atoms with Gasteiger partial charge in [-0.05, 0) is 25.1 Å². The SMILES string of the molecule is CN([C@@H]1CCNC1)S(=O)(=O)c1ccccc1Cl. The quantitative estimate of drug-likeness (QED) is 0.905. The van der Waals surface area contributed by atoms with Gasteiger partial charge in [0.25, 0.3) is 0 Å². The normalized spacial score (nSPS) is 21.0. The fourth-order valence-electron chi connectivity index (χ4n) is 1.96. The number of benzene rings is 1. The van der Waals surface area contributed by atoms with E-state index in [-0.39, 0.29) is 16.0 Å². The number of rotatable bonds is 3. The Morgan fingerprint density at radius 3 is 2.71 bits per heavy atom. The van der Waals surface area contributed by atoms with Gasteiger partial charge in [-0.15, -0.1) is 0 Å². The molecule has 0 bridgehead atoms. The minimum Gasteiger partial charge on any atom is -0.315 e. The predicted octanol–water partition coefficient (Wildman–Crippen LogP) is 1.32. The second kappa shape index (κ2) is 4.94. The maximum absolute atomic E-state index is 12.4. The van der Waals surface area contributed by atoms with E-state index in [1.165, 1.54) is 10.4 Å². The lowest BCUT2D eigenvalue weighted by molar-refractivity contribution is 0.388. The summed E-state index contributed by atoms with van der Waals surface area (Å²) in [6.07, 6.45) is 0.834. The fourth-order valence-corrected chi connectivity index (χ4v) is 3.83. The first-order chi connectivity index (χ1) is 8.03. The summed E-state index contributed by atoms with van der Waals surface area (Å²) in [5.41, 5.74) is 0. The van der Waals surface area contributed by atoms with Gasteiger partial charge in [0.15, 0.2) is 0 Å². The number of hydrogen-bond acceptors (Lipinski definition) is 3. The molecule has 1 aliphatic heterocycles. The van der Waals surface area contributed by atoms with Crippen LogP contribution in [-0.2, 0) is 10.0 Å². The van der Waals surface area contributed by atoms with E-state index in [1.807, 2.05) is 0 Å². The highest BCUT2D eigenvalue weighted by Crippen LogP contribution is 2.25. The molecule has 1 fully saturated rings. The van der Waals surface area contributed by atoms with Crippen molar-refractivity contribution in [2.24, 2.45) is 0 Å². The second-order valence-corrected chi connectivity index (χ2v) is 6.47. The van der Waals surface area contributed by atoms with Crippen LogP contribution < -0.4 is 5.32 Å². The molecule has 0 radical (unpaired) electrons. The average Bonchev–Trinajstić information content (AvgIpc) is 2.81. The molecule has 1 aromatic carbocycles. The van der Waals surface area contributed by atoms with Crippen LogP contribution in [0.4, 0.5) is 0 Å². The Labute approximate surface area is 107 Å². The highest BCUT2D eigenvalue weighted by atomic mass is 35.5. The van der Waals surface area contributed by atoms with E-state index in [1.54, 1.807) is 25.2 Å². The summed E-state index contributed by atoms with van der Waals surface area (Å²) in [6.45, 7) is 1.55. The Hall–Kier alpha value is -0.620. The average molecular weight is 275 g/mol. The first-order valence-corrected chi connectivity index (χ1v) is 7.28. The van der Waals surface area contributed by atoms with Crippen LogP contribution in [0.2, 0.25) is 5.02 Å². The first-order valence-electron chi connectivity index (χ1n) is 5.47. The monoisotopic (exact) mass is 274 g/mol. The zero-order valence-electron chi connectivity index (χ0n) is 9.56. The number of nitrogens with zero attached hydrogens (tertiary/aromatic N) is 1. The van der Waals surface area contributed by atoms with Gasteiger partial charge in [-0.2, -0.15) is 4.31 Å². The van der Waals surface area contributed by atoms with E-state index in [2.05, 4.69) is 5.32 Å². The Morgan fingerprint density at radius 1 is 1.41 bits per heavy atom. The lowest BCUT2D eigenvalue weighted by Gasteiger charge is -2.23. The third-order valence-corrected chi connectivity index (χ3v) is 5.45. The zero-order valence-corrected chi connectivity index (χ0v) is 11.1. The largest absolute Gasteiger partial charge is 0.315 e. The van der Waals surface area contributed by atoms with Gasteiger partial charge in [0, 0.05) is 19.6 Å². The number of halogens is 1. The molecule has 6 heteroatoms. The van der Waals surface area contributed by atoms with E-state index in [0.717, 1.165) is 13.0 Å². The summed E-state index contributed by atoms with van der Waals surface area (Å²) in [4.78, 5) is 0.177. The van der Waals surface area contributed by atoms with Crippen molar-refractivity contribution >= 4 is 21.6 Å². The summed E-state index contributed by atoms with van der Waals surface area (Å²) in [5, 5.41) is 3.42. The van der Waals surface area contributed by atoms with Gasteiger partial charge in [-0.3, -0.25) is 0 Å². The molecule has 1 N–H and O–H groups in total. The van der Waals surface area contributed by atoms with Crippen LogP contribution in [0.5, 0.6) is 0 Å². The molecule has 0 aliphatic carbocycles. The maximum atomic E-state index is 12.4. The van der Waals surface area contributed by atoms with E-state index < -0.39 is 10.0 Å². The van der Waals surface area contributed by atoms with Crippen LogP contribution in [0.3, 0.4) is 0 Å². The van der Waals surface area contributed by atoms with Crippen molar-refractivity contribution in [3.05, 3.63) is 29.3 Å². The van der Waals surface area contributed by atoms with Crippen molar-refractivity contribution in [1.82, 2.24) is 9.62 Å². The van der Waals surface area contributed by atoms with Crippen molar-refractivity contribution < 1.29 is 8.42 Å². The molecule has 0 amide bonds. The van der Waals surface area contributed by atoms with Crippen LogP contribution in [0.15, 0.2) is 29.2 Å². The molecule has 4 nitrogen and oxygen atoms in total. The molecule has 0 aromatic heterocycles. The Balaban J connectivity index is 2.33. The molecule has 1 saturated heterocycles. The first kappa shape index (κ1) is 12.8. The fraction of sp³-hybridized carbons (Fsp3) is 0.455. The number of sulfonamides is 1. The summed E-state index contributed by atoms with van der Waals surface area (Å²) < 4.78 is 26.1. The van der Waals surface area contributed by atoms with Gasteiger partial charge in [0.05, 0.1) is 5.02 Å². The molecule has 1 atom stereocenters. The molecule has 0 spiro atoms. The highest BCUT2D eigenvalue weighted by Gasteiger charge is 2.30. The molecule has 94 valence electrons. The molecular weight excluding hydrogens is 260 g/mol. The van der Waals surface area contributed by atoms with Gasteiger partial charge < -0.3 is 5.32 Å². The molecule has 0 unspecified atom stereocenters. The minimum atomic E-state index is -3.49. The van der Waals surface area contributed by atoms with Crippen LogP contribution in [0, 0.1) is 0 Å². The van der Waals surface area contributed by atoms with Crippen LogP contribution in [0.1, 0.15) is 6.42 Å². The highest BCUT2D eigenvalue weighted by molar-refractivity contribution is 7.89.